The van der Waals surface area contributed by atoms with Crippen LogP contribution in [0, 0.1) is 0 Å². The van der Waals surface area contributed by atoms with Crippen LogP contribution in [0.1, 0.15) is 73.4 Å². The average molecular weight is 528 g/mol. The SMILES string of the molecule is CCCCCN(C(=O)c1cc(C(F)(F)F)cc(C(F)(F)F)c1)C(C)c1nc2ccccc2c(=O)n1CC. The summed E-state index contributed by atoms with van der Waals surface area (Å²) in [6.07, 6.45) is -8.26. The van der Waals surface area contributed by atoms with E-state index in [9.17, 15) is 35.9 Å². The Bertz CT molecular complexity index is 1300. The third kappa shape index (κ3) is 6.14. The van der Waals surface area contributed by atoms with Crippen molar-refractivity contribution in [2.45, 2.75) is 65.0 Å². The molecule has 0 saturated heterocycles. The minimum Gasteiger partial charge on any atom is -0.329 e. The van der Waals surface area contributed by atoms with Gasteiger partial charge in [0.05, 0.1) is 28.1 Å². The second-order valence-corrected chi connectivity index (χ2v) is 8.71. The van der Waals surface area contributed by atoms with Crippen LogP contribution in [0.15, 0.2) is 47.3 Å². The van der Waals surface area contributed by atoms with Crippen molar-refractivity contribution in [2.24, 2.45) is 0 Å². The van der Waals surface area contributed by atoms with Gasteiger partial charge in [0.1, 0.15) is 5.82 Å². The van der Waals surface area contributed by atoms with Gasteiger partial charge in [-0.05, 0) is 50.6 Å². The zero-order chi connectivity index (χ0) is 27.5. The molecule has 1 atom stereocenters. The molecule has 11 heteroatoms. The molecule has 0 bridgehead atoms. The van der Waals surface area contributed by atoms with Crippen molar-refractivity contribution in [1.29, 1.82) is 0 Å². The van der Waals surface area contributed by atoms with Gasteiger partial charge in [0.15, 0.2) is 0 Å². The van der Waals surface area contributed by atoms with Crippen LogP contribution in [-0.4, -0.2) is 26.9 Å². The van der Waals surface area contributed by atoms with Gasteiger partial charge in [-0.15, -0.1) is 0 Å². The molecular formula is C26H27F6N3O2. The van der Waals surface area contributed by atoms with E-state index in [0.29, 0.717) is 35.9 Å². The molecule has 2 aromatic carbocycles. The van der Waals surface area contributed by atoms with Crippen molar-refractivity contribution in [3.63, 3.8) is 0 Å². The van der Waals surface area contributed by atoms with Gasteiger partial charge in [-0.3, -0.25) is 14.2 Å². The Labute approximate surface area is 209 Å². The number of unbranched alkanes of at least 4 members (excludes halogenated alkanes) is 2. The molecule has 0 N–H and O–H groups in total. The molecule has 1 unspecified atom stereocenters. The Kier molecular flexibility index (Phi) is 8.34. The summed E-state index contributed by atoms with van der Waals surface area (Å²) in [5, 5.41) is 0.358. The fourth-order valence-corrected chi connectivity index (χ4v) is 4.20. The third-order valence-electron chi connectivity index (χ3n) is 6.15. The van der Waals surface area contributed by atoms with E-state index in [4.69, 9.17) is 0 Å². The van der Waals surface area contributed by atoms with Crippen LogP contribution in [0.4, 0.5) is 26.3 Å². The fourth-order valence-electron chi connectivity index (χ4n) is 4.20. The van der Waals surface area contributed by atoms with Gasteiger partial charge >= 0.3 is 12.4 Å². The van der Waals surface area contributed by atoms with Crippen LogP contribution >= 0.6 is 0 Å². The summed E-state index contributed by atoms with van der Waals surface area (Å²) in [5.74, 6) is -0.815. The number of hydrogen-bond donors (Lipinski definition) is 0. The molecule has 1 heterocycles. The van der Waals surface area contributed by atoms with E-state index in [2.05, 4.69) is 4.98 Å². The smallest absolute Gasteiger partial charge is 0.329 e. The molecule has 0 saturated carbocycles. The number of halogens is 6. The van der Waals surface area contributed by atoms with Crippen molar-refractivity contribution in [2.75, 3.05) is 6.54 Å². The highest BCUT2D eigenvalue weighted by Crippen LogP contribution is 2.37. The lowest BCUT2D eigenvalue weighted by molar-refractivity contribution is -0.143. The Morgan fingerprint density at radius 1 is 0.973 bits per heavy atom. The number of benzene rings is 2. The normalized spacial score (nSPS) is 13.1. The zero-order valence-electron chi connectivity index (χ0n) is 20.6. The maximum absolute atomic E-state index is 13.5. The van der Waals surface area contributed by atoms with Crippen molar-refractivity contribution in [1.82, 2.24) is 14.5 Å². The maximum atomic E-state index is 13.5. The van der Waals surface area contributed by atoms with Gasteiger partial charge in [0, 0.05) is 18.7 Å². The summed E-state index contributed by atoms with van der Waals surface area (Å²) in [5.41, 5.74) is -3.85. The lowest BCUT2D eigenvalue weighted by atomic mass is 10.0. The average Bonchev–Trinajstić information content (AvgIpc) is 2.84. The number of nitrogens with zero attached hydrogens (tertiary/aromatic N) is 3. The highest BCUT2D eigenvalue weighted by atomic mass is 19.4. The van der Waals surface area contributed by atoms with E-state index in [1.807, 2.05) is 6.92 Å². The number of alkyl halides is 6. The molecule has 3 aromatic rings. The van der Waals surface area contributed by atoms with Gasteiger partial charge < -0.3 is 4.90 Å². The summed E-state index contributed by atoms with van der Waals surface area (Å²) in [4.78, 5) is 32.4. The number of hydrogen-bond acceptors (Lipinski definition) is 3. The third-order valence-corrected chi connectivity index (χ3v) is 6.15. The van der Waals surface area contributed by atoms with Gasteiger partial charge in [0.25, 0.3) is 11.5 Å². The summed E-state index contributed by atoms with van der Waals surface area (Å²) in [6.45, 7) is 5.44. The lowest BCUT2D eigenvalue weighted by Crippen LogP contribution is -2.38. The van der Waals surface area contributed by atoms with Gasteiger partial charge in [-0.25, -0.2) is 4.98 Å². The molecule has 1 aromatic heterocycles. The Hall–Kier alpha value is -3.37. The number of para-hydroxylation sites is 1. The van der Waals surface area contributed by atoms with E-state index in [0.717, 1.165) is 6.42 Å². The van der Waals surface area contributed by atoms with E-state index in [1.54, 1.807) is 38.1 Å². The largest absolute Gasteiger partial charge is 0.416 e. The van der Waals surface area contributed by atoms with Gasteiger partial charge in [0.2, 0.25) is 0 Å². The number of fused-ring (bicyclic) bond motifs is 1. The summed E-state index contributed by atoms with van der Waals surface area (Å²) in [6, 6.07) is 6.53. The van der Waals surface area contributed by atoms with Crippen LogP contribution in [0.25, 0.3) is 10.9 Å². The van der Waals surface area contributed by atoms with E-state index in [1.165, 1.54) is 9.47 Å². The Balaban J connectivity index is 2.16. The molecule has 0 aliphatic carbocycles. The second-order valence-electron chi connectivity index (χ2n) is 8.71. The monoisotopic (exact) mass is 527 g/mol. The maximum Gasteiger partial charge on any atom is 0.416 e. The number of amides is 1. The second kappa shape index (κ2) is 10.9. The minimum atomic E-state index is -5.09. The molecule has 0 fully saturated rings. The topological polar surface area (TPSA) is 55.2 Å². The predicted molar refractivity (Wildman–Crippen MR) is 127 cm³/mol. The molecule has 0 radical (unpaired) electrons. The molecule has 5 nitrogen and oxygen atoms in total. The Morgan fingerprint density at radius 3 is 2.11 bits per heavy atom. The first-order valence-corrected chi connectivity index (χ1v) is 11.9. The number of aromatic nitrogens is 2. The first-order valence-electron chi connectivity index (χ1n) is 11.9. The highest BCUT2D eigenvalue weighted by Gasteiger charge is 2.38. The van der Waals surface area contributed by atoms with Crippen LogP contribution in [-0.2, 0) is 18.9 Å². The van der Waals surface area contributed by atoms with Gasteiger partial charge in [-0.1, -0.05) is 31.9 Å². The lowest BCUT2D eigenvalue weighted by Gasteiger charge is -2.31. The molecule has 3 rings (SSSR count). The molecule has 0 spiro atoms. The first kappa shape index (κ1) is 28.2. The standard InChI is InChI=1S/C26H27F6N3O2/c1-4-6-9-12-35(16(3)22-33-21-11-8-7-10-20(21)24(37)34(22)5-2)23(36)17-13-18(25(27,28)29)15-19(14-17)26(30,31)32/h7-8,10-11,13-16H,4-6,9,12H2,1-3H3. The van der Waals surface area contributed by atoms with Crippen molar-refractivity contribution < 1.29 is 31.1 Å². The summed E-state index contributed by atoms with van der Waals surface area (Å²) >= 11 is 0. The number of rotatable bonds is 8. The Morgan fingerprint density at radius 2 is 1.57 bits per heavy atom. The van der Waals surface area contributed by atoms with Crippen molar-refractivity contribution in [3.8, 4) is 0 Å². The minimum absolute atomic E-state index is 0.0126. The van der Waals surface area contributed by atoms with Crippen LogP contribution in [0.2, 0.25) is 0 Å². The summed E-state index contributed by atoms with van der Waals surface area (Å²) in [7, 11) is 0. The molecule has 200 valence electrons. The van der Waals surface area contributed by atoms with E-state index >= 15 is 0 Å². The fraction of sp³-hybridized carbons (Fsp3) is 0.423. The predicted octanol–water partition coefficient (Wildman–Crippen LogP) is 6.85. The molecule has 0 aliphatic heterocycles. The molecule has 37 heavy (non-hydrogen) atoms. The van der Waals surface area contributed by atoms with E-state index in [-0.39, 0.29) is 30.5 Å². The van der Waals surface area contributed by atoms with Crippen LogP contribution < -0.4 is 5.56 Å². The number of carbonyl (C=O) groups is 1. The van der Waals surface area contributed by atoms with Crippen molar-refractivity contribution in [3.05, 3.63) is 75.3 Å². The molecule has 1 amide bonds. The summed E-state index contributed by atoms with van der Waals surface area (Å²) < 4.78 is 81.9. The van der Waals surface area contributed by atoms with Gasteiger partial charge in [-0.2, -0.15) is 26.3 Å². The number of carbonyl (C=O) groups excluding carboxylic acids is 1. The molecular weight excluding hydrogens is 500 g/mol. The van der Waals surface area contributed by atoms with E-state index < -0.39 is 41.0 Å². The first-order chi connectivity index (χ1) is 17.3. The van der Waals surface area contributed by atoms with Crippen LogP contribution in [0.5, 0.6) is 0 Å². The molecule has 0 aliphatic rings. The zero-order valence-corrected chi connectivity index (χ0v) is 20.6. The van der Waals surface area contributed by atoms with Crippen LogP contribution in [0.3, 0.4) is 0 Å². The highest BCUT2D eigenvalue weighted by molar-refractivity contribution is 5.95. The van der Waals surface area contributed by atoms with Crippen molar-refractivity contribution >= 4 is 16.8 Å². The quantitative estimate of drug-likeness (QED) is 0.238.